The third-order valence-electron chi connectivity index (χ3n) is 2.86. The first-order valence-electron chi connectivity index (χ1n) is 6.30. The molecule has 1 aromatic carbocycles. The average molecular weight is 322 g/mol. The number of aromatic carboxylic acids is 1. The molecule has 0 aliphatic rings. The van der Waals surface area contributed by atoms with Gasteiger partial charge < -0.3 is 10.4 Å². The van der Waals surface area contributed by atoms with Crippen LogP contribution in [0.5, 0.6) is 0 Å². The number of hydrogen-bond donors (Lipinski definition) is 2. The van der Waals surface area contributed by atoms with Gasteiger partial charge in [0, 0.05) is 6.20 Å². The van der Waals surface area contributed by atoms with Crippen molar-refractivity contribution in [2.45, 2.75) is 0 Å². The standard InChI is InChI=1S/C15H7FN6O2/c16-10-1-2-14(22-4-3-11(21-22)15(23)24)12(5-10)20-13(8-19)9(6-17)7-18/h1-5,20H,(H,23,24). The van der Waals surface area contributed by atoms with Crippen molar-refractivity contribution < 1.29 is 14.3 Å². The molecule has 0 saturated carbocycles. The van der Waals surface area contributed by atoms with Crippen LogP contribution in [-0.4, -0.2) is 20.9 Å². The normalized spacial score (nSPS) is 9.25. The average Bonchev–Trinajstić information content (AvgIpc) is 3.05. The zero-order valence-electron chi connectivity index (χ0n) is 11.9. The van der Waals surface area contributed by atoms with Gasteiger partial charge in [-0.05, 0) is 24.3 Å². The van der Waals surface area contributed by atoms with E-state index in [9.17, 15) is 9.18 Å². The minimum absolute atomic E-state index is 0.0367. The molecule has 8 nitrogen and oxygen atoms in total. The fraction of sp³-hybridized carbons (Fsp3) is 0. The second kappa shape index (κ2) is 6.73. The third-order valence-corrected chi connectivity index (χ3v) is 2.86. The van der Waals surface area contributed by atoms with Crippen LogP contribution >= 0.6 is 0 Å². The fourth-order valence-electron chi connectivity index (χ4n) is 1.80. The molecule has 0 atom stereocenters. The molecular formula is C15H7FN6O2. The van der Waals surface area contributed by atoms with E-state index in [0.717, 1.165) is 12.1 Å². The van der Waals surface area contributed by atoms with Gasteiger partial charge in [-0.1, -0.05) is 0 Å². The topological polar surface area (TPSA) is 139 Å². The van der Waals surface area contributed by atoms with Crippen LogP contribution in [0.4, 0.5) is 10.1 Å². The lowest BCUT2D eigenvalue weighted by molar-refractivity contribution is 0.0690. The van der Waals surface area contributed by atoms with E-state index in [1.165, 1.54) is 23.0 Å². The van der Waals surface area contributed by atoms with Crippen molar-refractivity contribution in [2.75, 3.05) is 5.32 Å². The Morgan fingerprint density at radius 2 is 1.92 bits per heavy atom. The van der Waals surface area contributed by atoms with Crippen molar-refractivity contribution in [3.63, 3.8) is 0 Å². The summed E-state index contributed by atoms with van der Waals surface area (Å²) < 4.78 is 14.7. The number of anilines is 1. The van der Waals surface area contributed by atoms with Crippen molar-refractivity contribution in [1.29, 1.82) is 15.8 Å². The number of nitrogens with zero attached hydrogens (tertiary/aromatic N) is 5. The van der Waals surface area contributed by atoms with Gasteiger partial charge >= 0.3 is 5.97 Å². The van der Waals surface area contributed by atoms with Crippen molar-refractivity contribution in [3.05, 3.63) is 53.2 Å². The van der Waals surface area contributed by atoms with Gasteiger partial charge in [-0.15, -0.1) is 0 Å². The molecule has 0 amide bonds. The molecular weight excluding hydrogens is 315 g/mol. The Bertz CT molecular complexity index is 955. The number of aromatic nitrogens is 2. The van der Waals surface area contributed by atoms with Gasteiger partial charge in [0.15, 0.2) is 11.3 Å². The highest BCUT2D eigenvalue weighted by Gasteiger charge is 2.14. The van der Waals surface area contributed by atoms with Crippen LogP contribution < -0.4 is 5.32 Å². The van der Waals surface area contributed by atoms with Crippen LogP contribution in [-0.2, 0) is 0 Å². The zero-order valence-corrected chi connectivity index (χ0v) is 11.9. The van der Waals surface area contributed by atoms with Crippen LogP contribution in [0.2, 0.25) is 0 Å². The summed E-state index contributed by atoms with van der Waals surface area (Å²) in [6.07, 6.45) is 1.34. The monoisotopic (exact) mass is 322 g/mol. The van der Waals surface area contributed by atoms with Crippen LogP contribution in [0.1, 0.15) is 10.5 Å². The Hall–Kier alpha value is -4.16. The number of halogens is 1. The van der Waals surface area contributed by atoms with Crippen LogP contribution in [0, 0.1) is 39.8 Å². The highest BCUT2D eigenvalue weighted by Crippen LogP contribution is 2.23. The summed E-state index contributed by atoms with van der Waals surface area (Å²) in [5.74, 6) is -1.88. The summed E-state index contributed by atoms with van der Waals surface area (Å²) in [7, 11) is 0. The molecule has 0 unspecified atom stereocenters. The first-order valence-corrected chi connectivity index (χ1v) is 6.30. The third kappa shape index (κ3) is 3.19. The molecule has 2 rings (SSSR count). The Kier molecular flexibility index (Phi) is 4.55. The molecule has 2 N–H and O–H groups in total. The second-order valence-corrected chi connectivity index (χ2v) is 4.32. The number of carboxylic acids is 1. The van der Waals surface area contributed by atoms with Crippen molar-refractivity contribution in [1.82, 2.24) is 9.78 Å². The lowest BCUT2D eigenvalue weighted by Gasteiger charge is -2.11. The summed E-state index contributed by atoms with van der Waals surface area (Å²) in [5, 5.41) is 41.9. The molecule has 9 heteroatoms. The lowest BCUT2D eigenvalue weighted by Crippen LogP contribution is -2.07. The SMILES string of the molecule is N#CC(C#N)=C(C#N)Nc1cc(F)ccc1-n1ccc(C(=O)O)n1. The van der Waals surface area contributed by atoms with Gasteiger partial charge in [0.25, 0.3) is 0 Å². The summed E-state index contributed by atoms with van der Waals surface area (Å²) in [5.41, 5.74) is -0.797. The molecule has 1 heterocycles. The molecule has 0 saturated heterocycles. The largest absolute Gasteiger partial charge is 0.476 e. The first kappa shape index (κ1) is 16.2. The van der Waals surface area contributed by atoms with E-state index in [2.05, 4.69) is 10.4 Å². The molecule has 24 heavy (non-hydrogen) atoms. The van der Waals surface area contributed by atoms with Crippen molar-refractivity contribution in [2.24, 2.45) is 0 Å². The van der Waals surface area contributed by atoms with E-state index < -0.39 is 17.4 Å². The van der Waals surface area contributed by atoms with Crippen LogP contribution in [0.15, 0.2) is 41.7 Å². The van der Waals surface area contributed by atoms with Gasteiger partial charge in [0.1, 0.15) is 29.7 Å². The van der Waals surface area contributed by atoms with E-state index in [1.807, 2.05) is 0 Å². The molecule has 0 aliphatic heterocycles. The van der Waals surface area contributed by atoms with Crippen LogP contribution in [0.3, 0.4) is 0 Å². The Morgan fingerprint density at radius 3 is 2.46 bits per heavy atom. The highest BCUT2D eigenvalue weighted by molar-refractivity contribution is 5.85. The quantitative estimate of drug-likeness (QED) is 0.820. The Morgan fingerprint density at radius 1 is 1.21 bits per heavy atom. The van der Waals surface area contributed by atoms with Crippen molar-refractivity contribution >= 4 is 11.7 Å². The number of benzene rings is 1. The highest BCUT2D eigenvalue weighted by atomic mass is 19.1. The summed E-state index contributed by atoms with van der Waals surface area (Å²) in [6, 6.07) is 9.46. The molecule has 0 spiro atoms. The first-order chi connectivity index (χ1) is 11.5. The molecule has 0 fully saturated rings. The van der Waals surface area contributed by atoms with E-state index in [0.29, 0.717) is 0 Å². The fourth-order valence-corrected chi connectivity index (χ4v) is 1.80. The summed E-state index contributed by atoms with van der Waals surface area (Å²) in [6.45, 7) is 0. The minimum Gasteiger partial charge on any atom is -0.476 e. The summed E-state index contributed by atoms with van der Waals surface area (Å²) >= 11 is 0. The molecule has 2 aromatic rings. The molecule has 1 aromatic heterocycles. The predicted molar refractivity (Wildman–Crippen MR) is 78.0 cm³/mol. The maximum Gasteiger partial charge on any atom is 0.356 e. The number of carboxylic acid groups (broad SMARTS) is 1. The van der Waals surface area contributed by atoms with E-state index in [-0.39, 0.29) is 22.8 Å². The summed E-state index contributed by atoms with van der Waals surface area (Å²) in [4.78, 5) is 10.9. The number of rotatable bonds is 4. The zero-order chi connectivity index (χ0) is 17.7. The van der Waals surface area contributed by atoms with E-state index in [4.69, 9.17) is 20.9 Å². The smallest absolute Gasteiger partial charge is 0.356 e. The van der Waals surface area contributed by atoms with Crippen LogP contribution in [0.25, 0.3) is 5.69 Å². The second-order valence-electron chi connectivity index (χ2n) is 4.32. The Balaban J connectivity index is 2.55. The number of carbonyl (C=O) groups is 1. The molecule has 116 valence electrons. The molecule has 0 bridgehead atoms. The number of nitriles is 3. The maximum atomic E-state index is 13.5. The van der Waals surface area contributed by atoms with Gasteiger partial charge in [-0.3, -0.25) is 0 Å². The number of hydrogen-bond acceptors (Lipinski definition) is 6. The molecule has 0 radical (unpaired) electrons. The van der Waals surface area contributed by atoms with Gasteiger partial charge in [-0.2, -0.15) is 20.9 Å². The van der Waals surface area contributed by atoms with Crippen molar-refractivity contribution in [3.8, 4) is 23.9 Å². The van der Waals surface area contributed by atoms with E-state index in [1.54, 1.807) is 18.2 Å². The number of nitrogens with one attached hydrogen (secondary N) is 1. The van der Waals surface area contributed by atoms with E-state index >= 15 is 0 Å². The Labute approximate surface area is 134 Å². The van der Waals surface area contributed by atoms with Gasteiger partial charge in [0.2, 0.25) is 0 Å². The minimum atomic E-state index is -1.24. The maximum absolute atomic E-state index is 13.5. The lowest BCUT2D eigenvalue weighted by atomic mass is 10.2. The predicted octanol–water partition coefficient (Wildman–Crippen LogP) is 1.95. The molecule has 0 aliphatic carbocycles. The van der Waals surface area contributed by atoms with Gasteiger partial charge in [-0.25, -0.2) is 13.9 Å². The van der Waals surface area contributed by atoms with Gasteiger partial charge in [0.05, 0.1) is 11.4 Å². The number of allylic oxidation sites excluding steroid dienone is 2.